The summed E-state index contributed by atoms with van der Waals surface area (Å²) in [5.41, 5.74) is 1.49. The Morgan fingerprint density at radius 2 is 2.24 bits per heavy atom. The second-order valence-electron chi connectivity index (χ2n) is 4.38. The van der Waals surface area contributed by atoms with Crippen LogP contribution >= 0.6 is 0 Å². The Labute approximate surface area is 101 Å². The van der Waals surface area contributed by atoms with Crippen molar-refractivity contribution in [3.63, 3.8) is 0 Å². The summed E-state index contributed by atoms with van der Waals surface area (Å²) < 4.78 is 13.3. The molecular formula is C13H17FN2O. The number of nitrogens with one attached hydrogen (secondary N) is 1. The molecule has 0 radical (unpaired) electrons. The number of nitrogens with zero attached hydrogens (tertiary/aromatic N) is 1. The van der Waals surface area contributed by atoms with E-state index in [2.05, 4.69) is 5.32 Å². The van der Waals surface area contributed by atoms with Crippen molar-refractivity contribution in [3.8, 4) is 0 Å². The van der Waals surface area contributed by atoms with Crippen LogP contribution in [0.2, 0.25) is 0 Å². The molecule has 1 fully saturated rings. The van der Waals surface area contributed by atoms with E-state index in [1.165, 1.54) is 12.1 Å². The quantitative estimate of drug-likeness (QED) is 0.868. The van der Waals surface area contributed by atoms with Crippen molar-refractivity contribution in [1.29, 1.82) is 0 Å². The molecule has 0 aromatic heterocycles. The number of anilines is 1. The molecule has 92 valence electrons. The van der Waals surface area contributed by atoms with E-state index in [-0.39, 0.29) is 17.8 Å². The third-order valence-electron chi connectivity index (χ3n) is 2.99. The van der Waals surface area contributed by atoms with Crippen molar-refractivity contribution in [2.24, 2.45) is 0 Å². The highest BCUT2D eigenvalue weighted by atomic mass is 19.1. The van der Waals surface area contributed by atoms with E-state index in [0.717, 1.165) is 18.5 Å². The first kappa shape index (κ1) is 12.0. The topological polar surface area (TPSA) is 32.3 Å². The molecule has 0 bridgehead atoms. The molecule has 2 rings (SSSR count). The summed E-state index contributed by atoms with van der Waals surface area (Å²) in [4.78, 5) is 13.7. The Hall–Kier alpha value is -1.42. The molecule has 1 aliphatic rings. The van der Waals surface area contributed by atoms with Gasteiger partial charge in [0.1, 0.15) is 5.82 Å². The molecule has 1 N–H and O–H groups in total. The van der Waals surface area contributed by atoms with E-state index in [1.807, 2.05) is 19.9 Å². The fourth-order valence-electron chi connectivity index (χ4n) is 2.24. The zero-order valence-corrected chi connectivity index (χ0v) is 10.2. The molecule has 1 amide bonds. The van der Waals surface area contributed by atoms with Gasteiger partial charge in [-0.05, 0) is 43.7 Å². The number of benzene rings is 1. The average molecular weight is 236 g/mol. The molecule has 1 unspecified atom stereocenters. The number of carbonyl (C=O) groups excluding carboxylic acids is 1. The van der Waals surface area contributed by atoms with Gasteiger partial charge in [0.25, 0.3) is 0 Å². The number of rotatable bonds is 3. The Balaban J connectivity index is 2.21. The fraction of sp³-hybridized carbons (Fsp3) is 0.462. The van der Waals surface area contributed by atoms with Crippen LogP contribution < -0.4 is 10.2 Å². The predicted octanol–water partition coefficient (Wildman–Crippen LogP) is 1.85. The molecule has 17 heavy (non-hydrogen) atoms. The molecule has 1 atom stereocenters. The van der Waals surface area contributed by atoms with E-state index >= 15 is 0 Å². The maximum atomic E-state index is 13.3. The monoisotopic (exact) mass is 236 g/mol. The Kier molecular flexibility index (Phi) is 3.43. The molecule has 4 heteroatoms. The summed E-state index contributed by atoms with van der Waals surface area (Å²) >= 11 is 0. The van der Waals surface area contributed by atoms with Crippen LogP contribution in [0.15, 0.2) is 18.2 Å². The minimum atomic E-state index is -0.292. The Bertz CT molecular complexity index is 413. The Morgan fingerprint density at radius 3 is 2.88 bits per heavy atom. The second kappa shape index (κ2) is 4.84. The molecule has 0 saturated carbocycles. The fourth-order valence-corrected chi connectivity index (χ4v) is 2.24. The number of halogens is 1. The van der Waals surface area contributed by atoms with Crippen LogP contribution in [0.3, 0.4) is 0 Å². The SMILES string of the molecule is CCNC1CCN(c2cc(C)cc(F)c2)C1=O. The van der Waals surface area contributed by atoms with Crippen molar-refractivity contribution >= 4 is 11.6 Å². The van der Waals surface area contributed by atoms with Gasteiger partial charge in [0.15, 0.2) is 0 Å². The molecule has 1 saturated heterocycles. The van der Waals surface area contributed by atoms with Crippen molar-refractivity contribution < 1.29 is 9.18 Å². The summed E-state index contributed by atoms with van der Waals surface area (Å²) in [6.45, 7) is 5.23. The van der Waals surface area contributed by atoms with E-state index in [4.69, 9.17) is 0 Å². The van der Waals surface area contributed by atoms with Crippen LogP contribution in [0.1, 0.15) is 18.9 Å². The van der Waals surface area contributed by atoms with E-state index in [1.54, 1.807) is 4.90 Å². The lowest BCUT2D eigenvalue weighted by Crippen LogP contribution is -2.38. The normalized spacial score (nSPS) is 20.1. The van der Waals surface area contributed by atoms with E-state index in [9.17, 15) is 9.18 Å². The van der Waals surface area contributed by atoms with Crippen molar-refractivity contribution in [2.75, 3.05) is 18.0 Å². The minimum Gasteiger partial charge on any atom is -0.311 e. The highest BCUT2D eigenvalue weighted by molar-refractivity contribution is 5.99. The van der Waals surface area contributed by atoms with Crippen LogP contribution in [0, 0.1) is 12.7 Å². The van der Waals surface area contributed by atoms with Crippen LogP contribution in [0.4, 0.5) is 10.1 Å². The molecule has 3 nitrogen and oxygen atoms in total. The zero-order valence-electron chi connectivity index (χ0n) is 10.2. The first-order valence-electron chi connectivity index (χ1n) is 5.93. The molecule has 1 heterocycles. The van der Waals surface area contributed by atoms with Crippen LogP contribution in [-0.4, -0.2) is 25.0 Å². The highest BCUT2D eigenvalue weighted by Gasteiger charge is 2.31. The van der Waals surface area contributed by atoms with Crippen molar-refractivity contribution in [3.05, 3.63) is 29.6 Å². The van der Waals surface area contributed by atoms with E-state index < -0.39 is 0 Å². The number of amides is 1. The second-order valence-corrected chi connectivity index (χ2v) is 4.38. The lowest BCUT2D eigenvalue weighted by Gasteiger charge is -2.17. The van der Waals surface area contributed by atoms with Gasteiger partial charge in [0.2, 0.25) is 5.91 Å². The first-order valence-corrected chi connectivity index (χ1v) is 5.93. The van der Waals surface area contributed by atoms with Gasteiger partial charge in [-0.3, -0.25) is 4.79 Å². The molecule has 0 spiro atoms. The van der Waals surface area contributed by atoms with Crippen LogP contribution in [-0.2, 0) is 4.79 Å². The predicted molar refractivity (Wildman–Crippen MR) is 65.6 cm³/mol. The van der Waals surface area contributed by atoms with Crippen molar-refractivity contribution in [2.45, 2.75) is 26.3 Å². The third-order valence-corrected chi connectivity index (χ3v) is 2.99. The first-order chi connectivity index (χ1) is 8.11. The van der Waals surface area contributed by atoms with Gasteiger partial charge in [-0.15, -0.1) is 0 Å². The van der Waals surface area contributed by atoms with Crippen LogP contribution in [0.25, 0.3) is 0 Å². The number of likely N-dealkylation sites (N-methyl/N-ethyl adjacent to an activating group) is 1. The summed E-state index contributed by atoms with van der Waals surface area (Å²) in [6.07, 6.45) is 0.780. The summed E-state index contributed by atoms with van der Waals surface area (Å²) in [7, 11) is 0. The molecule has 1 aromatic carbocycles. The average Bonchev–Trinajstić information content (AvgIpc) is 2.60. The van der Waals surface area contributed by atoms with Gasteiger partial charge in [-0.2, -0.15) is 0 Å². The largest absolute Gasteiger partial charge is 0.311 e. The molecule has 1 aromatic rings. The van der Waals surface area contributed by atoms with Gasteiger partial charge in [0.05, 0.1) is 6.04 Å². The maximum Gasteiger partial charge on any atom is 0.244 e. The molecular weight excluding hydrogens is 219 g/mol. The van der Waals surface area contributed by atoms with E-state index in [0.29, 0.717) is 12.2 Å². The van der Waals surface area contributed by atoms with Gasteiger partial charge in [0, 0.05) is 12.2 Å². The molecule has 1 aliphatic heterocycles. The van der Waals surface area contributed by atoms with Gasteiger partial charge >= 0.3 is 0 Å². The molecule has 0 aliphatic carbocycles. The smallest absolute Gasteiger partial charge is 0.244 e. The third kappa shape index (κ3) is 2.47. The van der Waals surface area contributed by atoms with Crippen molar-refractivity contribution in [1.82, 2.24) is 5.32 Å². The summed E-state index contributed by atoms with van der Waals surface area (Å²) in [5.74, 6) is -0.253. The zero-order chi connectivity index (χ0) is 12.4. The number of hydrogen-bond donors (Lipinski definition) is 1. The standard InChI is InChI=1S/C13H17FN2O/c1-3-15-12-4-5-16(13(12)17)11-7-9(2)6-10(14)8-11/h6-8,12,15H,3-5H2,1-2H3. The Morgan fingerprint density at radius 1 is 1.47 bits per heavy atom. The number of carbonyl (C=O) groups is 1. The lowest BCUT2D eigenvalue weighted by atomic mass is 10.2. The van der Waals surface area contributed by atoms with Crippen LogP contribution in [0.5, 0.6) is 0 Å². The highest BCUT2D eigenvalue weighted by Crippen LogP contribution is 2.23. The number of hydrogen-bond acceptors (Lipinski definition) is 2. The maximum absolute atomic E-state index is 13.3. The van der Waals surface area contributed by atoms with Gasteiger partial charge < -0.3 is 10.2 Å². The lowest BCUT2D eigenvalue weighted by molar-refractivity contribution is -0.118. The van der Waals surface area contributed by atoms with Gasteiger partial charge in [-0.25, -0.2) is 4.39 Å². The summed E-state index contributed by atoms with van der Waals surface area (Å²) in [6, 6.07) is 4.60. The summed E-state index contributed by atoms with van der Waals surface area (Å²) in [5, 5.41) is 3.14. The number of aryl methyl sites for hydroxylation is 1. The minimum absolute atomic E-state index is 0.0388. The van der Waals surface area contributed by atoms with Gasteiger partial charge in [-0.1, -0.05) is 6.92 Å².